The molecule has 0 aromatic carbocycles. The van der Waals surface area contributed by atoms with Crippen LogP contribution in [-0.4, -0.2) is 40.9 Å². The number of aromatic nitrogens is 3. The molecule has 144 valence electrons. The Labute approximate surface area is 169 Å². The van der Waals surface area contributed by atoms with E-state index < -0.39 is 0 Å². The van der Waals surface area contributed by atoms with Crippen molar-refractivity contribution in [2.75, 3.05) is 20.1 Å². The lowest BCUT2D eigenvalue weighted by Crippen LogP contribution is -2.40. The van der Waals surface area contributed by atoms with E-state index in [1.165, 1.54) is 37.9 Å². The van der Waals surface area contributed by atoms with E-state index in [1.54, 1.807) is 0 Å². The summed E-state index contributed by atoms with van der Waals surface area (Å²) in [6, 6.07) is 0. The molecule has 0 saturated carbocycles. The molecule has 0 atom stereocenters. The number of nitrogens with zero attached hydrogens (tertiary/aromatic N) is 4. The number of aryl methyl sites for hydroxylation is 2. The first-order valence-electron chi connectivity index (χ1n) is 9.63. The van der Waals surface area contributed by atoms with E-state index in [1.807, 2.05) is 7.05 Å². The highest BCUT2D eigenvalue weighted by Gasteiger charge is 2.14. The highest BCUT2D eigenvalue weighted by Crippen LogP contribution is 2.15. The molecule has 0 bridgehead atoms. The van der Waals surface area contributed by atoms with E-state index in [0.717, 1.165) is 56.6 Å². The van der Waals surface area contributed by atoms with Gasteiger partial charge in [-0.2, -0.15) is 0 Å². The van der Waals surface area contributed by atoms with Gasteiger partial charge in [0.05, 0.1) is 0 Å². The summed E-state index contributed by atoms with van der Waals surface area (Å²) in [6.45, 7) is 7.47. The number of fused-ring (bicyclic) bond motifs is 1. The highest BCUT2D eigenvalue weighted by molar-refractivity contribution is 14.0. The van der Waals surface area contributed by atoms with Gasteiger partial charge in [0.1, 0.15) is 11.6 Å². The number of halogens is 1. The van der Waals surface area contributed by atoms with E-state index in [9.17, 15) is 0 Å². The quantitative estimate of drug-likeness (QED) is 0.270. The largest absolute Gasteiger partial charge is 0.356 e. The smallest absolute Gasteiger partial charge is 0.190 e. The van der Waals surface area contributed by atoms with Gasteiger partial charge < -0.3 is 15.2 Å². The minimum atomic E-state index is 0. The van der Waals surface area contributed by atoms with Crippen LogP contribution >= 0.6 is 24.0 Å². The van der Waals surface area contributed by atoms with Gasteiger partial charge in [0.2, 0.25) is 0 Å². The topological polar surface area (TPSA) is 67.1 Å². The zero-order valence-corrected chi connectivity index (χ0v) is 18.4. The molecule has 0 spiro atoms. The van der Waals surface area contributed by atoms with Crippen molar-refractivity contribution in [1.29, 1.82) is 0 Å². The van der Waals surface area contributed by atoms with Gasteiger partial charge >= 0.3 is 0 Å². The summed E-state index contributed by atoms with van der Waals surface area (Å²) >= 11 is 0. The molecular weight excluding hydrogens is 427 g/mol. The molecule has 0 unspecified atom stereocenters. The normalized spacial score (nSPS) is 14.6. The summed E-state index contributed by atoms with van der Waals surface area (Å²) < 4.78 is 2.34. The fourth-order valence-corrected chi connectivity index (χ4v) is 3.22. The fraction of sp³-hybridized carbons (Fsp3) is 0.833. The predicted octanol–water partition coefficient (Wildman–Crippen LogP) is 3.16. The first-order valence-corrected chi connectivity index (χ1v) is 9.63. The van der Waals surface area contributed by atoms with Crippen molar-refractivity contribution >= 4 is 29.9 Å². The summed E-state index contributed by atoms with van der Waals surface area (Å²) in [5.74, 6) is 3.95. The SMILES string of the molecule is CCC(CC)CNC(=NC)NCCCc1nnc2n1CCCCC2.I. The van der Waals surface area contributed by atoms with Crippen molar-refractivity contribution in [2.45, 2.75) is 71.8 Å². The van der Waals surface area contributed by atoms with Crippen LogP contribution in [0.1, 0.15) is 64.0 Å². The Balaban J connectivity index is 0.00000312. The van der Waals surface area contributed by atoms with Crippen LogP contribution in [0.2, 0.25) is 0 Å². The van der Waals surface area contributed by atoms with Gasteiger partial charge in [0.15, 0.2) is 5.96 Å². The average Bonchev–Trinajstić information content (AvgIpc) is 2.84. The minimum absolute atomic E-state index is 0. The predicted molar refractivity (Wildman–Crippen MR) is 115 cm³/mol. The van der Waals surface area contributed by atoms with Crippen molar-refractivity contribution < 1.29 is 0 Å². The third-order valence-corrected chi connectivity index (χ3v) is 4.99. The van der Waals surface area contributed by atoms with Crippen LogP contribution in [0.4, 0.5) is 0 Å². The van der Waals surface area contributed by atoms with E-state index in [2.05, 4.69) is 44.2 Å². The molecule has 6 nitrogen and oxygen atoms in total. The van der Waals surface area contributed by atoms with E-state index in [-0.39, 0.29) is 24.0 Å². The third-order valence-electron chi connectivity index (χ3n) is 4.99. The minimum Gasteiger partial charge on any atom is -0.356 e. The second-order valence-electron chi connectivity index (χ2n) is 6.66. The zero-order chi connectivity index (χ0) is 17.2. The lowest BCUT2D eigenvalue weighted by atomic mass is 10.0. The van der Waals surface area contributed by atoms with Crippen LogP contribution in [0.15, 0.2) is 4.99 Å². The molecule has 1 aliphatic heterocycles. The summed E-state index contributed by atoms with van der Waals surface area (Å²) in [4.78, 5) is 4.31. The van der Waals surface area contributed by atoms with Gasteiger partial charge in [-0.25, -0.2) is 0 Å². The molecule has 0 fully saturated rings. The van der Waals surface area contributed by atoms with Gasteiger partial charge in [-0.05, 0) is 25.2 Å². The molecule has 0 saturated heterocycles. The molecule has 1 aromatic heterocycles. The number of nitrogens with one attached hydrogen (secondary N) is 2. The molecule has 0 amide bonds. The zero-order valence-electron chi connectivity index (χ0n) is 16.1. The summed E-state index contributed by atoms with van der Waals surface area (Å²) in [7, 11) is 1.83. The number of guanidine groups is 1. The molecule has 25 heavy (non-hydrogen) atoms. The first kappa shape index (κ1) is 22.2. The Morgan fingerprint density at radius 3 is 2.68 bits per heavy atom. The van der Waals surface area contributed by atoms with Crippen molar-refractivity contribution in [3.63, 3.8) is 0 Å². The molecule has 2 N–H and O–H groups in total. The molecule has 7 heteroatoms. The Bertz CT molecular complexity index is 510. The maximum Gasteiger partial charge on any atom is 0.190 e. The van der Waals surface area contributed by atoms with Crippen LogP contribution in [0, 0.1) is 5.92 Å². The molecule has 2 rings (SSSR count). The van der Waals surface area contributed by atoms with Crippen LogP contribution < -0.4 is 10.6 Å². The second-order valence-corrected chi connectivity index (χ2v) is 6.66. The van der Waals surface area contributed by atoms with Gasteiger partial charge in [-0.15, -0.1) is 34.2 Å². The third kappa shape index (κ3) is 7.11. The fourth-order valence-electron chi connectivity index (χ4n) is 3.22. The monoisotopic (exact) mass is 462 g/mol. The summed E-state index contributed by atoms with van der Waals surface area (Å²) in [5.41, 5.74) is 0. The van der Waals surface area contributed by atoms with Crippen LogP contribution in [0.5, 0.6) is 0 Å². The molecule has 0 radical (unpaired) electrons. The van der Waals surface area contributed by atoms with Crippen molar-refractivity contribution in [1.82, 2.24) is 25.4 Å². The maximum atomic E-state index is 4.40. The standard InChI is InChI=1S/C18H34N6.HI/c1-4-15(5-2)14-21-18(19-3)20-12-9-11-17-23-22-16-10-7-6-8-13-24(16)17;/h15H,4-14H2,1-3H3,(H2,19,20,21);1H. The Morgan fingerprint density at radius 1 is 1.16 bits per heavy atom. The van der Waals surface area contributed by atoms with Crippen molar-refractivity contribution in [3.05, 3.63) is 11.6 Å². The van der Waals surface area contributed by atoms with Gasteiger partial charge in [-0.1, -0.05) is 33.1 Å². The molecule has 1 aliphatic rings. The van der Waals surface area contributed by atoms with Crippen LogP contribution in [0.3, 0.4) is 0 Å². The van der Waals surface area contributed by atoms with E-state index >= 15 is 0 Å². The van der Waals surface area contributed by atoms with E-state index in [4.69, 9.17) is 0 Å². The van der Waals surface area contributed by atoms with E-state index in [0.29, 0.717) is 0 Å². The summed E-state index contributed by atoms with van der Waals surface area (Å²) in [6.07, 6.45) is 9.33. The molecular formula is C18H35IN6. The Kier molecular flexibility index (Phi) is 11.1. The first-order chi connectivity index (χ1) is 11.8. The average molecular weight is 462 g/mol. The number of hydrogen-bond acceptors (Lipinski definition) is 3. The van der Waals surface area contributed by atoms with Crippen molar-refractivity contribution in [3.8, 4) is 0 Å². The molecule has 1 aromatic rings. The number of aliphatic imine (C=N–C) groups is 1. The lowest BCUT2D eigenvalue weighted by Gasteiger charge is -2.16. The second kappa shape index (κ2) is 12.5. The summed E-state index contributed by atoms with van der Waals surface area (Å²) in [5, 5.41) is 15.6. The Morgan fingerprint density at radius 2 is 1.96 bits per heavy atom. The van der Waals surface area contributed by atoms with Gasteiger partial charge in [0.25, 0.3) is 0 Å². The van der Waals surface area contributed by atoms with Crippen LogP contribution in [0.25, 0.3) is 0 Å². The molecule has 2 heterocycles. The number of rotatable bonds is 8. The highest BCUT2D eigenvalue weighted by atomic mass is 127. The number of hydrogen-bond donors (Lipinski definition) is 2. The molecule has 0 aliphatic carbocycles. The van der Waals surface area contributed by atoms with Gasteiger partial charge in [0, 0.05) is 39.5 Å². The van der Waals surface area contributed by atoms with Crippen molar-refractivity contribution in [2.24, 2.45) is 10.9 Å². The van der Waals surface area contributed by atoms with Crippen LogP contribution in [-0.2, 0) is 19.4 Å². The Hall–Kier alpha value is -0.860. The lowest BCUT2D eigenvalue weighted by molar-refractivity contribution is 0.481. The van der Waals surface area contributed by atoms with Gasteiger partial charge in [-0.3, -0.25) is 4.99 Å². The maximum absolute atomic E-state index is 4.40.